The molecule has 0 fully saturated rings. The molecule has 7 nitrogen and oxygen atoms in total. The Morgan fingerprint density at radius 2 is 2.12 bits per heavy atom. The quantitative estimate of drug-likeness (QED) is 0.801. The van der Waals surface area contributed by atoms with Gasteiger partial charge in [0.25, 0.3) is 11.8 Å². The van der Waals surface area contributed by atoms with Crippen LogP contribution in [0.5, 0.6) is 5.75 Å². The van der Waals surface area contributed by atoms with Gasteiger partial charge in [-0.2, -0.15) is 5.10 Å². The number of amides is 2. The number of ether oxygens (including phenoxy) is 1. The minimum absolute atomic E-state index is 0.0348. The Bertz CT molecular complexity index is 755. The van der Waals surface area contributed by atoms with Crippen molar-refractivity contribution in [3.8, 4) is 5.75 Å². The molecule has 1 atom stereocenters. The van der Waals surface area contributed by atoms with Crippen LogP contribution in [0.1, 0.15) is 41.5 Å². The lowest BCUT2D eigenvalue weighted by Crippen LogP contribution is -2.28. The van der Waals surface area contributed by atoms with E-state index in [-0.39, 0.29) is 24.5 Å². The minimum atomic E-state index is -0.208. The number of nitrogens with zero attached hydrogens (tertiary/aromatic N) is 2. The summed E-state index contributed by atoms with van der Waals surface area (Å²) in [6.07, 6.45) is 1.56. The van der Waals surface area contributed by atoms with Crippen molar-refractivity contribution in [1.82, 2.24) is 20.4 Å². The maximum absolute atomic E-state index is 12.4. The van der Waals surface area contributed by atoms with Gasteiger partial charge in [0.15, 0.2) is 6.61 Å². The Labute approximate surface area is 147 Å². The number of hydrogen-bond acceptors (Lipinski definition) is 4. The molecule has 2 aromatic rings. The van der Waals surface area contributed by atoms with E-state index in [0.717, 1.165) is 11.3 Å². The molecule has 2 amide bonds. The fraction of sp³-hybridized carbons (Fsp3) is 0.389. The molecule has 0 saturated carbocycles. The predicted molar refractivity (Wildman–Crippen MR) is 94.4 cm³/mol. The first-order valence-electron chi connectivity index (χ1n) is 8.21. The minimum Gasteiger partial charge on any atom is -0.484 e. The fourth-order valence-corrected chi connectivity index (χ4v) is 2.35. The number of aryl methyl sites for hydroxylation is 1. The maximum Gasteiger partial charge on any atom is 0.257 e. The largest absolute Gasteiger partial charge is 0.484 e. The summed E-state index contributed by atoms with van der Waals surface area (Å²) < 4.78 is 7.15. The van der Waals surface area contributed by atoms with Crippen molar-refractivity contribution in [2.75, 3.05) is 13.2 Å². The monoisotopic (exact) mass is 344 g/mol. The number of likely N-dealkylation sites (N-methyl/N-ethyl adjacent to an activating group) is 1. The van der Waals surface area contributed by atoms with Gasteiger partial charge in [0.1, 0.15) is 5.75 Å². The maximum atomic E-state index is 12.4. The summed E-state index contributed by atoms with van der Waals surface area (Å²) in [5.74, 6) is 0.246. The number of benzene rings is 1. The Balaban J connectivity index is 2.00. The van der Waals surface area contributed by atoms with Gasteiger partial charge in [-0.15, -0.1) is 0 Å². The highest BCUT2D eigenvalue weighted by atomic mass is 16.5. The van der Waals surface area contributed by atoms with Crippen molar-refractivity contribution in [2.24, 2.45) is 7.05 Å². The van der Waals surface area contributed by atoms with E-state index in [9.17, 15) is 9.59 Å². The third kappa shape index (κ3) is 4.82. The van der Waals surface area contributed by atoms with Crippen LogP contribution in [0.4, 0.5) is 0 Å². The zero-order valence-corrected chi connectivity index (χ0v) is 15.0. The first kappa shape index (κ1) is 18.5. The molecule has 25 heavy (non-hydrogen) atoms. The molecule has 2 rings (SSSR count). The highest BCUT2D eigenvalue weighted by molar-refractivity contribution is 5.95. The first-order valence-corrected chi connectivity index (χ1v) is 8.21. The van der Waals surface area contributed by atoms with Crippen LogP contribution in [0, 0.1) is 6.92 Å². The van der Waals surface area contributed by atoms with E-state index >= 15 is 0 Å². The molecule has 0 aliphatic heterocycles. The molecular formula is C18H24N4O3. The number of carbonyl (C=O) groups is 2. The van der Waals surface area contributed by atoms with Crippen LogP contribution in [0.15, 0.2) is 30.5 Å². The number of hydrogen-bond donors (Lipinski definition) is 2. The van der Waals surface area contributed by atoms with Gasteiger partial charge in [-0.25, -0.2) is 0 Å². The third-order valence-corrected chi connectivity index (χ3v) is 3.93. The van der Waals surface area contributed by atoms with Gasteiger partial charge < -0.3 is 15.4 Å². The molecule has 2 N–H and O–H groups in total. The molecule has 0 aliphatic rings. The summed E-state index contributed by atoms with van der Waals surface area (Å²) in [6, 6.07) is 7.13. The van der Waals surface area contributed by atoms with E-state index in [1.165, 1.54) is 0 Å². The van der Waals surface area contributed by atoms with Crippen molar-refractivity contribution >= 4 is 11.8 Å². The second kappa shape index (κ2) is 8.32. The molecule has 7 heteroatoms. The molecule has 1 aromatic carbocycles. The Kier molecular flexibility index (Phi) is 6.16. The van der Waals surface area contributed by atoms with E-state index < -0.39 is 0 Å². The van der Waals surface area contributed by atoms with Gasteiger partial charge in [0.2, 0.25) is 0 Å². The number of carbonyl (C=O) groups excluding carboxylic acids is 2. The molecule has 0 aliphatic carbocycles. The van der Waals surface area contributed by atoms with E-state index in [2.05, 4.69) is 15.7 Å². The fourth-order valence-electron chi connectivity index (χ4n) is 2.35. The molecule has 134 valence electrons. The highest BCUT2D eigenvalue weighted by Gasteiger charge is 2.16. The van der Waals surface area contributed by atoms with Crippen molar-refractivity contribution < 1.29 is 14.3 Å². The SMILES string of the molecule is CCNC(=O)COc1cccc([C@@H](C)NC(=O)c2cnn(C)c2C)c1. The second-order valence-electron chi connectivity index (χ2n) is 5.78. The summed E-state index contributed by atoms with van der Waals surface area (Å²) >= 11 is 0. The van der Waals surface area contributed by atoms with Gasteiger partial charge in [0, 0.05) is 19.3 Å². The summed E-state index contributed by atoms with van der Waals surface area (Å²) in [6.45, 7) is 6.13. The van der Waals surface area contributed by atoms with Crippen LogP contribution in [-0.2, 0) is 11.8 Å². The van der Waals surface area contributed by atoms with Crippen LogP contribution in [0.25, 0.3) is 0 Å². The summed E-state index contributed by atoms with van der Waals surface area (Å²) in [5, 5.41) is 9.71. The summed E-state index contributed by atoms with van der Waals surface area (Å²) in [7, 11) is 1.80. The smallest absolute Gasteiger partial charge is 0.257 e. The normalized spacial score (nSPS) is 11.7. The van der Waals surface area contributed by atoms with Gasteiger partial charge >= 0.3 is 0 Å². The van der Waals surface area contributed by atoms with Gasteiger partial charge in [0.05, 0.1) is 17.8 Å². The zero-order chi connectivity index (χ0) is 18.4. The average molecular weight is 344 g/mol. The summed E-state index contributed by atoms with van der Waals surface area (Å²) in [5.41, 5.74) is 2.25. The first-order chi connectivity index (χ1) is 11.9. The van der Waals surface area contributed by atoms with Crippen LogP contribution >= 0.6 is 0 Å². The van der Waals surface area contributed by atoms with E-state index in [4.69, 9.17) is 4.74 Å². The molecule has 0 unspecified atom stereocenters. The van der Waals surface area contributed by atoms with E-state index in [1.807, 2.05) is 39.0 Å². The standard InChI is InChI=1S/C18H24N4O3/c1-5-19-17(23)11-25-15-8-6-7-14(9-15)12(2)21-18(24)16-10-20-22(4)13(16)3/h6-10,12H,5,11H2,1-4H3,(H,19,23)(H,21,24)/t12-/m1/s1. The average Bonchev–Trinajstić information content (AvgIpc) is 2.93. The van der Waals surface area contributed by atoms with Gasteiger partial charge in [-0.05, 0) is 38.5 Å². The molecular weight excluding hydrogens is 320 g/mol. The number of rotatable bonds is 7. The van der Waals surface area contributed by atoms with Crippen LogP contribution in [0.2, 0.25) is 0 Å². The van der Waals surface area contributed by atoms with Crippen LogP contribution in [0.3, 0.4) is 0 Å². The lowest BCUT2D eigenvalue weighted by atomic mass is 10.1. The summed E-state index contributed by atoms with van der Waals surface area (Å²) in [4.78, 5) is 23.9. The lowest BCUT2D eigenvalue weighted by Gasteiger charge is -2.15. The zero-order valence-electron chi connectivity index (χ0n) is 15.0. The van der Waals surface area contributed by atoms with Crippen molar-refractivity contribution in [3.05, 3.63) is 47.3 Å². The van der Waals surface area contributed by atoms with Crippen molar-refractivity contribution in [3.63, 3.8) is 0 Å². The van der Waals surface area contributed by atoms with E-state index in [1.54, 1.807) is 24.0 Å². The van der Waals surface area contributed by atoms with Crippen LogP contribution < -0.4 is 15.4 Å². The Hall–Kier alpha value is -2.83. The topological polar surface area (TPSA) is 85.2 Å². The lowest BCUT2D eigenvalue weighted by molar-refractivity contribution is -0.122. The molecule has 0 spiro atoms. The van der Waals surface area contributed by atoms with E-state index in [0.29, 0.717) is 17.9 Å². The van der Waals surface area contributed by atoms with Crippen LogP contribution in [-0.4, -0.2) is 34.7 Å². The second-order valence-corrected chi connectivity index (χ2v) is 5.78. The Morgan fingerprint density at radius 1 is 1.36 bits per heavy atom. The number of aromatic nitrogens is 2. The molecule has 1 heterocycles. The van der Waals surface area contributed by atoms with Gasteiger partial charge in [-0.1, -0.05) is 12.1 Å². The third-order valence-electron chi connectivity index (χ3n) is 3.93. The predicted octanol–water partition coefficient (Wildman–Crippen LogP) is 1.73. The van der Waals surface area contributed by atoms with Crippen molar-refractivity contribution in [1.29, 1.82) is 0 Å². The van der Waals surface area contributed by atoms with Crippen molar-refractivity contribution in [2.45, 2.75) is 26.8 Å². The molecule has 0 bridgehead atoms. The Morgan fingerprint density at radius 3 is 2.76 bits per heavy atom. The molecule has 1 aromatic heterocycles. The highest BCUT2D eigenvalue weighted by Crippen LogP contribution is 2.20. The van der Waals surface area contributed by atoms with Gasteiger partial charge in [-0.3, -0.25) is 14.3 Å². The number of nitrogens with one attached hydrogen (secondary N) is 2. The molecule has 0 saturated heterocycles. The molecule has 0 radical (unpaired) electrons.